The third-order valence-electron chi connectivity index (χ3n) is 5.44. The van der Waals surface area contributed by atoms with Gasteiger partial charge in [0.1, 0.15) is 28.3 Å². The van der Waals surface area contributed by atoms with E-state index >= 15 is 0 Å². The molecule has 3 unspecified atom stereocenters. The van der Waals surface area contributed by atoms with Crippen LogP contribution in [0.3, 0.4) is 0 Å². The molecule has 3 atom stereocenters. The van der Waals surface area contributed by atoms with Gasteiger partial charge < -0.3 is 10.1 Å². The fourth-order valence-electron chi connectivity index (χ4n) is 3.57. The van der Waals surface area contributed by atoms with Gasteiger partial charge in [-0.1, -0.05) is 36.4 Å². The molecular formula is C23H24FN3O3S. The lowest BCUT2D eigenvalue weighted by Crippen LogP contribution is -2.22. The average Bonchev–Trinajstić information content (AvgIpc) is 3.56. The van der Waals surface area contributed by atoms with Crippen molar-refractivity contribution in [1.82, 2.24) is 4.57 Å². The van der Waals surface area contributed by atoms with Crippen LogP contribution in [0.1, 0.15) is 23.5 Å². The van der Waals surface area contributed by atoms with Crippen LogP contribution in [0.4, 0.5) is 21.6 Å². The number of benzene rings is 2. The van der Waals surface area contributed by atoms with Crippen LogP contribution in [0.15, 0.2) is 59.4 Å². The number of methoxy groups -OCH3 is 1. The fourth-order valence-corrected chi connectivity index (χ4v) is 4.95. The maximum atomic E-state index is 14.5. The predicted molar refractivity (Wildman–Crippen MR) is 122 cm³/mol. The van der Waals surface area contributed by atoms with E-state index in [1.165, 1.54) is 23.8 Å². The van der Waals surface area contributed by atoms with Crippen molar-refractivity contribution in [2.45, 2.75) is 24.5 Å². The summed E-state index contributed by atoms with van der Waals surface area (Å²) in [5.41, 5.74) is 2.15. The molecule has 1 aliphatic carbocycles. The van der Waals surface area contributed by atoms with Crippen molar-refractivity contribution < 1.29 is 13.3 Å². The lowest BCUT2D eigenvalue weighted by molar-refractivity contribution is 0.415. The molecule has 2 aromatic carbocycles. The Bertz CT molecular complexity index is 1200. The Morgan fingerprint density at radius 3 is 2.58 bits per heavy atom. The number of halogens is 1. The normalized spacial score (nSPS) is 18.3. The van der Waals surface area contributed by atoms with Gasteiger partial charge in [-0.05, 0) is 36.6 Å². The molecule has 0 radical (unpaired) electrons. The van der Waals surface area contributed by atoms with Crippen LogP contribution in [-0.4, -0.2) is 21.1 Å². The molecule has 31 heavy (non-hydrogen) atoms. The zero-order chi connectivity index (χ0) is 22.1. The molecule has 162 valence electrons. The maximum absolute atomic E-state index is 14.5. The highest BCUT2D eigenvalue weighted by molar-refractivity contribution is 7.87. The quantitative estimate of drug-likeness (QED) is 0.576. The summed E-state index contributed by atoms with van der Waals surface area (Å²) in [4.78, 5) is 12.4. The van der Waals surface area contributed by atoms with E-state index in [0.717, 1.165) is 17.5 Å². The van der Waals surface area contributed by atoms with Gasteiger partial charge >= 0.3 is 0 Å². The van der Waals surface area contributed by atoms with Gasteiger partial charge in [-0.25, -0.2) is 8.60 Å². The Morgan fingerprint density at radius 2 is 1.90 bits per heavy atom. The summed E-state index contributed by atoms with van der Waals surface area (Å²) >= 11 is 0. The van der Waals surface area contributed by atoms with E-state index in [1.54, 1.807) is 26.1 Å². The van der Waals surface area contributed by atoms with E-state index in [0.29, 0.717) is 5.69 Å². The Morgan fingerprint density at radius 1 is 1.16 bits per heavy atom. The van der Waals surface area contributed by atoms with E-state index in [-0.39, 0.29) is 34.0 Å². The highest BCUT2D eigenvalue weighted by Crippen LogP contribution is 2.45. The van der Waals surface area contributed by atoms with Crippen molar-refractivity contribution in [2.75, 3.05) is 17.1 Å². The standard InChI is InChI=1S/C23H24FN3O3S/c1-14-9-10-18(17(24)11-14)25-23-22(19(30-3)13-21(28)27(23)2)26-31(29)20-12-16(20)15-7-5-4-6-8-15/h4-11,13,16,20,25-26H,12H2,1-3H3. The molecule has 0 amide bonds. The summed E-state index contributed by atoms with van der Waals surface area (Å²) in [5.74, 6) is 0.272. The number of aromatic nitrogens is 1. The summed E-state index contributed by atoms with van der Waals surface area (Å²) in [6.45, 7) is 1.79. The maximum Gasteiger partial charge on any atom is 0.255 e. The van der Waals surface area contributed by atoms with Crippen LogP contribution in [0.5, 0.6) is 5.75 Å². The minimum absolute atomic E-state index is 0.0618. The Hall–Kier alpha value is -3.13. The highest BCUT2D eigenvalue weighted by Gasteiger charge is 2.43. The molecule has 8 heteroatoms. The smallest absolute Gasteiger partial charge is 0.255 e. The van der Waals surface area contributed by atoms with Crippen molar-refractivity contribution >= 4 is 28.2 Å². The summed E-state index contributed by atoms with van der Waals surface area (Å²) in [7, 11) is 1.57. The summed E-state index contributed by atoms with van der Waals surface area (Å²) < 4.78 is 37.3. The molecule has 6 nitrogen and oxygen atoms in total. The topological polar surface area (TPSA) is 72.4 Å². The van der Waals surface area contributed by atoms with Crippen molar-refractivity contribution in [2.24, 2.45) is 7.05 Å². The minimum atomic E-state index is -1.43. The first-order chi connectivity index (χ1) is 14.9. The molecule has 1 fully saturated rings. The van der Waals surface area contributed by atoms with Crippen LogP contribution in [0.25, 0.3) is 0 Å². The second-order valence-electron chi connectivity index (χ2n) is 7.63. The molecule has 4 rings (SSSR count). The minimum Gasteiger partial charge on any atom is -0.494 e. The SMILES string of the molecule is COc1cc(=O)n(C)c(Nc2ccc(C)cc2F)c1NS(=O)C1CC1c1ccccc1. The Kier molecular flexibility index (Phi) is 5.82. The molecule has 3 aromatic rings. The van der Waals surface area contributed by atoms with Crippen molar-refractivity contribution in [3.63, 3.8) is 0 Å². The lowest BCUT2D eigenvalue weighted by Gasteiger charge is -2.19. The molecule has 2 N–H and O–H groups in total. The van der Waals surface area contributed by atoms with Crippen molar-refractivity contribution in [3.8, 4) is 5.75 Å². The first-order valence-electron chi connectivity index (χ1n) is 9.92. The molecule has 0 bridgehead atoms. The third-order valence-corrected chi connectivity index (χ3v) is 6.91. The van der Waals surface area contributed by atoms with Crippen LogP contribution in [-0.2, 0) is 18.0 Å². The van der Waals surface area contributed by atoms with Gasteiger partial charge in [-0.2, -0.15) is 0 Å². The zero-order valence-electron chi connectivity index (χ0n) is 17.5. The molecular weight excluding hydrogens is 417 g/mol. The number of nitrogens with zero attached hydrogens (tertiary/aromatic N) is 1. The summed E-state index contributed by atoms with van der Waals surface area (Å²) in [5, 5.41) is 2.91. The highest BCUT2D eigenvalue weighted by atomic mass is 32.2. The molecule has 1 aromatic heterocycles. The van der Waals surface area contributed by atoms with Gasteiger partial charge in [0.05, 0.1) is 18.0 Å². The summed E-state index contributed by atoms with van der Waals surface area (Å²) in [6.07, 6.45) is 0.799. The summed E-state index contributed by atoms with van der Waals surface area (Å²) in [6, 6.07) is 16.0. The predicted octanol–water partition coefficient (Wildman–Crippen LogP) is 4.22. The number of pyridine rings is 1. The van der Waals surface area contributed by atoms with Crippen molar-refractivity contribution in [1.29, 1.82) is 0 Å². The molecule has 0 saturated heterocycles. The molecule has 0 spiro atoms. The van der Waals surface area contributed by atoms with Gasteiger partial charge in [0, 0.05) is 19.0 Å². The van der Waals surface area contributed by atoms with Crippen molar-refractivity contribution in [3.05, 3.63) is 81.9 Å². The molecule has 1 saturated carbocycles. The number of nitrogens with one attached hydrogen (secondary N) is 2. The number of hydrogen-bond acceptors (Lipinski definition) is 4. The van der Waals surface area contributed by atoms with Crippen LogP contribution in [0, 0.1) is 12.7 Å². The first-order valence-corrected chi connectivity index (χ1v) is 11.1. The van der Waals surface area contributed by atoms with Gasteiger partial charge in [-0.15, -0.1) is 0 Å². The third kappa shape index (κ3) is 4.34. The zero-order valence-corrected chi connectivity index (χ0v) is 18.3. The molecule has 0 aliphatic heterocycles. The number of aryl methyl sites for hydroxylation is 1. The van der Waals surface area contributed by atoms with Crippen LogP contribution >= 0.6 is 0 Å². The lowest BCUT2D eigenvalue weighted by atomic mass is 10.1. The average molecular weight is 442 g/mol. The van der Waals surface area contributed by atoms with E-state index in [4.69, 9.17) is 4.74 Å². The van der Waals surface area contributed by atoms with Gasteiger partial charge in [-0.3, -0.25) is 14.1 Å². The monoisotopic (exact) mass is 441 g/mol. The first kappa shape index (κ1) is 21.1. The number of hydrogen-bond donors (Lipinski definition) is 2. The van der Waals surface area contributed by atoms with Gasteiger partial charge in [0.2, 0.25) is 0 Å². The van der Waals surface area contributed by atoms with E-state index < -0.39 is 16.8 Å². The van der Waals surface area contributed by atoms with E-state index in [1.807, 2.05) is 30.3 Å². The Labute approximate surface area is 182 Å². The molecule has 1 aliphatic rings. The van der Waals surface area contributed by atoms with Gasteiger partial charge in [0.25, 0.3) is 5.56 Å². The molecule has 1 heterocycles. The van der Waals surface area contributed by atoms with Crippen LogP contribution < -0.4 is 20.3 Å². The number of rotatable bonds is 7. The fraction of sp³-hybridized carbons (Fsp3) is 0.261. The number of anilines is 3. The second-order valence-corrected chi connectivity index (χ2v) is 9.04. The van der Waals surface area contributed by atoms with Crippen LogP contribution in [0.2, 0.25) is 0 Å². The Balaban J connectivity index is 1.66. The number of ether oxygens (including phenoxy) is 1. The van der Waals surface area contributed by atoms with E-state index in [9.17, 15) is 13.4 Å². The van der Waals surface area contributed by atoms with Gasteiger partial charge in [0.15, 0.2) is 5.75 Å². The second kappa shape index (κ2) is 8.55. The largest absolute Gasteiger partial charge is 0.494 e. The van der Waals surface area contributed by atoms with E-state index in [2.05, 4.69) is 10.0 Å².